The molecule has 1 fully saturated rings. The van der Waals surface area contributed by atoms with Gasteiger partial charge in [-0.1, -0.05) is 12.1 Å². The van der Waals surface area contributed by atoms with E-state index >= 15 is 0 Å². The minimum absolute atomic E-state index is 0.0487. The average Bonchev–Trinajstić information content (AvgIpc) is 3.21. The van der Waals surface area contributed by atoms with Gasteiger partial charge in [-0.25, -0.2) is 4.79 Å². The Balaban J connectivity index is 1.42. The molecule has 0 aliphatic carbocycles. The number of nitrogens with zero attached hydrogens (tertiary/aromatic N) is 1. The fourth-order valence-corrected chi connectivity index (χ4v) is 3.17. The zero-order valence-corrected chi connectivity index (χ0v) is 17.7. The molecule has 1 aliphatic heterocycles. The molecule has 0 unspecified atom stereocenters. The van der Waals surface area contributed by atoms with Crippen molar-refractivity contribution in [1.82, 2.24) is 5.32 Å². The molecule has 164 valence electrons. The van der Waals surface area contributed by atoms with Gasteiger partial charge in [0.25, 0.3) is 0 Å². The van der Waals surface area contributed by atoms with Crippen molar-refractivity contribution in [3.8, 4) is 11.5 Å². The van der Waals surface area contributed by atoms with E-state index in [1.54, 1.807) is 23.1 Å². The molecule has 1 N–H and O–H groups in total. The van der Waals surface area contributed by atoms with Gasteiger partial charge in [0.05, 0.1) is 20.3 Å². The largest absolute Gasteiger partial charge is 0.493 e. The van der Waals surface area contributed by atoms with Gasteiger partial charge in [0.2, 0.25) is 5.91 Å². The van der Waals surface area contributed by atoms with Gasteiger partial charge < -0.3 is 19.5 Å². The van der Waals surface area contributed by atoms with Crippen LogP contribution in [0.1, 0.15) is 35.7 Å². The first-order valence-electron chi connectivity index (χ1n) is 10.1. The Morgan fingerprint density at radius 1 is 1.16 bits per heavy atom. The van der Waals surface area contributed by atoms with Crippen LogP contribution in [0.3, 0.4) is 0 Å². The molecule has 0 atom stereocenters. The number of hydrogen-bond acceptors (Lipinski definition) is 6. The van der Waals surface area contributed by atoms with Crippen molar-refractivity contribution in [3.05, 3.63) is 53.6 Å². The van der Waals surface area contributed by atoms with Gasteiger partial charge in [-0.15, -0.1) is 0 Å². The molecule has 1 heterocycles. The Kier molecular flexibility index (Phi) is 7.48. The maximum Gasteiger partial charge on any atom is 0.414 e. The van der Waals surface area contributed by atoms with Crippen LogP contribution in [0.25, 0.3) is 0 Å². The van der Waals surface area contributed by atoms with Crippen LogP contribution in [0.2, 0.25) is 0 Å². The molecule has 0 radical (unpaired) electrons. The van der Waals surface area contributed by atoms with Crippen molar-refractivity contribution in [3.63, 3.8) is 0 Å². The first-order chi connectivity index (χ1) is 15.0. The molecule has 3 rings (SSSR count). The van der Waals surface area contributed by atoms with Gasteiger partial charge in [0.15, 0.2) is 17.3 Å². The summed E-state index contributed by atoms with van der Waals surface area (Å²) in [5.74, 6) is 0.880. The van der Waals surface area contributed by atoms with Crippen molar-refractivity contribution in [1.29, 1.82) is 0 Å². The van der Waals surface area contributed by atoms with Gasteiger partial charge in [-0.05, 0) is 49.2 Å². The summed E-state index contributed by atoms with van der Waals surface area (Å²) < 4.78 is 15.9. The normalized spacial score (nSPS) is 13.0. The number of ketones is 1. The second-order valence-electron chi connectivity index (χ2n) is 7.09. The fourth-order valence-electron chi connectivity index (χ4n) is 3.17. The van der Waals surface area contributed by atoms with E-state index < -0.39 is 0 Å². The summed E-state index contributed by atoms with van der Waals surface area (Å²) in [6.07, 6.45) is 0.489. The van der Waals surface area contributed by atoms with E-state index in [2.05, 4.69) is 5.32 Å². The summed E-state index contributed by atoms with van der Waals surface area (Å²) in [7, 11) is 1.52. The summed E-state index contributed by atoms with van der Waals surface area (Å²) >= 11 is 0. The third-order valence-corrected chi connectivity index (χ3v) is 4.85. The minimum Gasteiger partial charge on any atom is -0.493 e. The molecule has 1 aliphatic rings. The lowest BCUT2D eigenvalue weighted by atomic mass is 10.1. The molecule has 8 nitrogen and oxygen atoms in total. The Bertz CT molecular complexity index is 959. The smallest absolute Gasteiger partial charge is 0.414 e. The second kappa shape index (κ2) is 10.5. The van der Waals surface area contributed by atoms with E-state index in [4.69, 9.17) is 14.2 Å². The summed E-state index contributed by atoms with van der Waals surface area (Å²) in [5.41, 5.74) is 2.21. The van der Waals surface area contributed by atoms with Crippen LogP contribution < -0.4 is 19.7 Å². The SMILES string of the molecule is COc1cc(C(C)=O)ccc1OCCCC(=O)NCc1cccc(N2CCOC2=O)c1. The number of carbonyl (C=O) groups is 3. The van der Waals surface area contributed by atoms with Crippen LogP contribution in [-0.4, -0.2) is 44.7 Å². The van der Waals surface area contributed by atoms with Crippen LogP contribution in [0.5, 0.6) is 11.5 Å². The number of carbonyl (C=O) groups excluding carboxylic acids is 3. The molecular formula is C23H26N2O6. The maximum atomic E-state index is 12.2. The summed E-state index contributed by atoms with van der Waals surface area (Å²) in [4.78, 5) is 36.9. The maximum absolute atomic E-state index is 12.2. The van der Waals surface area contributed by atoms with Crippen molar-refractivity contribution in [2.24, 2.45) is 0 Å². The average molecular weight is 426 g/mol. The predicted molar refractivity (Wildman–Crippen MR) is 115 cm³/mol. The van der Waals surface area contributed by atoms with Gasteiger partial charge in [0, 0.05) is 24.2 Å². The summed E-state index contributed by atoms with van der Waals surface area (Å²) in [5, 5.41) is 2.88. The molecule has 2 aromatic rings. The fraction of sp³-hybridized carbons (Fsp3) is 0.348. The summed E-state index contributed by atoms with van der Waals surface area (Å²) in [6.45, 7) is 3.11. The van der Waals surface area contributed by atoms with Crippen LogP contribution >= 0.6 is 0 Å². The highest BCUT2D eigenvalue weighted by Crippen LogP contribution is 2.28. The van der Waals surface area contributed by atoms with E-state index in [0.29, 0.717) is 56.2 Å². The third-order valence-electron chi connectivity index (χ3n) is 4.85. The highest BCUT2D eigenvalue weighted by atomic mass is 16.6. The van der Waals surface area contributed by atoms with Gasteiger partial charge in [-0.3, -0.25) is 14.5 Å². The van der Waals surface area contributed by atoms with Gasteiger partial charge in [0.1, 0.15) is 6.61 Å². The third kappa shape index (κ3) is 5.97. The van der Waals surface area contributed by atoms with Crippen molar-refractivity contribution in [2.75, 3.05) is 31.8 Å². The molecule has 0 spiro atoms. The predicted octanol–water partition coefficient (Wildman–Crippen LogP) is 3.33. The lowest BCUT2D eigenvalue weighted by Crippen LogP contribution is -2.25. The molecule has 31 heavy (non-hydrogen) atoms. The van der Waals surface area contributed by atoms with Gasteiger partial charge in [-0.2, -0.15) is 0 Å². The molecule has 0 saturated carbocycles. The highest BCUT2D eigenvalue weighted by Gasteiger charge is 2.23. The zero-order chi connectivity index (χ0) is 22.2. The first-order valence-corrected chi connectivity index (χ1v) is 10.1. The Hall–Kier alpha value is -3.55. The molecular weight excluding hydrogens is 400 g/mol. The number of amides is 2. The Labute approximate surface area is 181 Å². The number of Topliss-reactive ketones (excluding diaryl/α,β-unsaturated/α-hetero) is 1. The molecule has 8 heteroatoms. The molecule has 0 bridgehead atoms. The van der Waals surface area contributed by atoms with E-state index in [1.807, 2.05) is 24.3 Å². The topological polar surface area (TPSA) is 94.2 Å². The van der Waals surface area contributed by atoms with Crippen LogP contribution in [0.4, 0.5) is 10.5 Å². The van der Waals surface area contributed by atoms with Crippen LogP contribution in [0, 0.1) is 0 Å². The monoisotopic (exact) mass is 426 g/mol. The van der Waals surface area contributed by atoms with Gasteiger partial charge >= 0.3 is 6.09 Å². The highest BCUT2D eigenvalue weighted by molar-refractivity contribution is 5.94. The number of cyclic esters (lactones) is 1. The number of rotatable bonds is 10. The molecule has 2 amide bonds. The molecule has 2 aromatic carbocycles. The Morgan fingerprint density at radius 3 is 2.71 bits per heavy atom. The molecule has 1 saturated heterocycles. The van der Waals surface area contributed by atoms with E-state index in [1.165, 1.54) is 14.0 Å². The van der Waals surface area contributed by atoms with Crippen LogP contribution in [0.15, 0.2) is 42.5 Å². The van der Waals surface area contributed by atoms with Crippen LogP contribution in [-0.2, 0) is 16.1 Å². The standard InChI is InChI=1S/C23H26N2O6/c1-16(26)18-8-9-20(21(14-18)29-2)30-11-4-7-22(27)24-15-17-5-3-6-19(13-17)25-10-12-31-23(25)28/h3,5-6,8-9,13-14H,4,7,10-12,15H2,1-2H3,(H,24,27). The summed E-state index contributed by atoms with van der Waals surface area (Å²) in [6, 6.07) is 12.5. The Morgan fingerprint density at radius 2 is 2.00 bits per heavy atom. The van der Waals surface area contributed by atoms with E-state index in [0.717, 1.165) is 11.3 Å². The lowest BCUT2D eigenvalue weighted by molar-refractivity contribution is -0.121. The zero-order valence-electron chi connectivity index (χ0n) is 17.7. The van der Waals surface area contributed by atoms with Crippen molar-refractivity contribution >= 4 is 23.5 Å². The lowest BCUT2D eigenvalue weighted by Gasteiger charge is -2.14. The number of methoxy groups -OCH3 is 1. The molecule has 0 aromatic heterocycles. The number of nitrogens with one attached hydrogen (secondary N) is 1. The number of benzene rings is 2. The minimum atomic E-state index is -0.353. The number of anilines is 1. The van der Waals surface area contributed by atoms with Crippen molar-refractivity contribution in [2.45, 2.75) is 26.3 Å². The van der Waals surface area contributed by atoms with E-state index in [9.17, 15) is 14.4 Å². The van der Waals surface area contributed by atoms with E-state index in [-0.39, 0.29) is 17.8 Å². The quantitative estimate of drug-likeness (QED) is 0.463. The second-order valence-corrected chi connectivity index (χ2v) is 7.09. The number of hydrogen-bond donors (Lipinski definition) is 1. The number of ether oxygens (including phenoxy) is 3. The first kappa shape index (κ1) is 22.1. The van der Waals surface area contributed by atoms with Crippen molar-refractivity contribution < 1.29 is 28.6 Å².